The van der Waals surface area contributed by atoms with Crippen LogP contribution in [0.5, 0.6) is 5.75 Å². The topological polar surface area (TPSA) is 38.8 Å². The van der Waals surface area contributed by atoms with Crippen LogP contribution in [0.4, 0.5) is 0 Å². The van der Waals surface area contributed by atoms with E-state index in [1.54, 1.807) is 0 Å². The monoisotopic (exact) mass is 289 g/mol. The number of nitrogens with zero attached hydrogens (tertiary/aromatic N) is 1. The number of benzene rings is 1. The lowest BCUT2D eigenvalue weighted by Gasteiger charge is -2.39. The van der Waals surface area contributed by atoms with Crippen LogP contribution in [0, 0.1) is 12.8 Å². The maximum atomic E-state index is 12.2. The van der Waals surface area contributed by atoms with Crippen molar-refractivity contribution in [3.63, 3.8) is 0 Å². The van der Waals surface area contributed by atoms with Gasteiger partial charge in [-0.05, 0) is 43.4 Å². The Hall–Kier alpha value is -1.55. The van der Waals surface area contributed by atoms with E-state index in [9.17, 15) is 4.79 Å². The Kier molecular flexibility index (Phi) is 4.44. The van der Waals surface area contributed by atoms with Gasteiger partial charge < -0.3 is 14.4 Å². The van der Waals surface area contributed by atoms with Crippen molar-refractivity contribution in [3.05, 3.63) is 29.8 Å². The van der Waals surface area contributed by atoms with Crippen LogP contribution in [0.1, 0.15) is 24.8 Å². The average molecular weight is 289 g/mol. The Bertz CT molecular complexity index is 491. The number of hydrogen-bond donors (Lipinski definition) is 0. The normalized spacial score (nSPS) is 22.7. The molecule has 2 aliphatic heterocycles. The van der Waals surface area contributed by atoms with Gasteiger partial charge in [-0.25, -0.2) is 0 Å². The van der Waals surface area contributed by atoms with Gasteiger partial charge in [-0.15, -0.1) is 0 Å². The minimum atomic E-state index is 0.137. The zero-order chi connectivity index (χ0) is 14.7. The van der Waals surface area contributed by atoms with Crippen molar-refractivity contribution in [2.75, 3.05) is 26.3 Å². The Morgan fingerprint density at radius 2 is 2.29 bits per heavy atom. The van der Waals surface area contributed by atoms with E-state index >= 15 is 0 Å². The molecule has 1 unspecified atom stereocenters. The minimum absolute atomic E-state index is 0.137. The van der Waals surface area contributed by atoms with Gasteiger partial charge in [-0.2, -0.15) is 0 Å². The molecular weight excluding hydrogens is 266 g/mol. The number of likely N-dealkylation sites (tertiary alicyclic amines) is 1. The predicted octanol–water partition coefficient (Wildman–Crippen LogP) is 2.40. The third-order valence-corrected chi connectivity index (χ3v) is 4.21. The molecule has 2 aliphatic rings. The molecule has 2 saturated heterocycles. The van der Waals surface area contributed by atoms with Crippen LogP contribution in [-0.2, 0) is 9.53 Å². The second-order valence-electron chi connectivity index (χ2n) is 6.14. The molecule has 2 fully saturated rings. The number of ether oxygens (including phenoxy) is 2. The third kappa shape index (κ3) is 3.76. The van der Waals surface area contributed by atoms with Crippen LogP contribution >= 0.6 is 0 Å². The predicted molar refractivity (Wildman–Crippen MR) is 80.3 cm³/mol. The van der Waals surface area contributed by atoms with Gasteiger partial charge in [0.25, 0.3) is 0 Å². The summed E-state index contributed by atoms with van der Waals surface area (Å²) < 4.78 is 11.3. The van der Waals surface area contributed by atoms with Crippen molar-refractivity contribution in [1.82, 2.24) is 4.90 Å². The molecule has 2 heterocycles. The van der Waals surface area contributed by atoms with Crippen molar-refractivity contribution in [2.24, 2.45) is 5.92 Å². The SMILES string of the molecule is Cc1cccc(OC2CN(C(=O)CC3CCCOC3)C2)c1. The summed E-state index contributed by atoms with van der Waals surface area (Å²) in [5.74, 6) is 1.55. The molecule has 1 aromatic rings. The van der Waals surface area contributed by atoms with Crippen molar-refractivity contribution < 1.29 is 14.3 Å². The van der Waals surface area contributed by atoms with Gasteiger partial charge in [0.15, 0.2) is 0 Å². The van der Waals surface area contributed by atoms with Crippen LogP contribution in [0.15, 0.2) is 24.3 Å². The first-order valence-electron chi connectivity index (χ1n) is 7.79. The molecular formula is C17H23NO3. The quantitative estimate of drug-likeness (QED) is 0.854. The molecule has 0 radical (unpaired) electrons. The van der Waals surface area contributed by atoms with E-state index in [2.05, 4.69) is 13.0 Å². The first kappa shape index (κ1) is 14.4. The van der Waals surface area contributed by atoms with Crippen molar-refractivity contribution >= 4 is 5.91 Å². The summed E-state index contributed by atoms with van der Waals surface area (Å²) in [6.07, 6.45) is 2.95. The Morgan fingerprint density at radius 3 is 3.00 bits per heavy atom. The van der Waals surface area contributed by atoms with Gasteiger partial charge in [0.1, 0.15) is 11.9 Å². The molecule has 0 bridgehead atoms. The fraction of sp³-hybridized carbons (Fsp3) is 0.588. The van der Waals surface area contributed by atoms with E-state index in [0.717, 1.165) is 31.8 Å². The van der Waals surface area contributed by atoms with Gasteiger partial charge in [0.05, 0.1) is 13.1 Å². The second kappa shape index (κ2) is 6.48. The van der Waals surface area contributed by atoms with Gasteiger partial charge in [0.2, 0.25) is 5.91 Å². The van der Waals surface area contributed by atoms with Gasteiger partial charge in [-0.3, -0.25) is 4.79 Å². The zero-order valence-corrected chi connectivity index (χ0v) is 12.6. The third-order valence-electron chi connectivity index (χ3n) is 4.21. The van der Waals surface area contributed by atoms with E-state index in [4.69, 9.17) is 9.47 Å². The molecule has 114 valence electrons. The molecule has 0 N–H and O–H groups in total. The highest BCUT2D eigenvalue weighted by Gasteiger charge is 2.33. The molecule has 0 aliphatic carbocycles. The van der Waals surface area contributed by atoms with Crippen LogP contribution in [0.2, 0.25) is 0 Å². The fourth-order valence-electron chi connectivity index (χ4n) is 2.94. The molecule has 1 aromatic carbocycles. The highest BCUT2D eigenvalue weighted by Crippen LogP contribution is 2.23. The largest absolute Gasteiger partial charge is 0.487 e. The van der Waals surface area contributed by atoms with Gasteiger partial charge in [0, 0.05) is 19.6 Å². The molecule has 4 heteroatoms. The van der Waals surface area contributed by atoms with E-state index in [1.165, 1.54) is 5.56 Å². The van der Waals surface area contributed by atoms with E-state index in [-0.39, 0.29) is 12.0 Å². The van der Waals surface area contributed by atoms with Crippen LogP contribution in [-0.4, -0.2) is 43.2 Å². The molecule has 1 atom stereocenters. The molecule has 21 heavy (non-hydrogen) atoms. The number of carbonyl (C=O) groups is 1. The summed E-state index contributed by atoms with van der Waals surface area (Å²) >= 11 is 0. The van der Waals surface area contributed by atoms with E-state index < -0.39 is 0 Å². The lowest BCUT2D eigenvalue weighted by Crippen LogP contribution is -2.56. The first-order chi connectivity index (χ1) is 10.2. The van der Waals surface area contributed by atoms with Gasteiger partial charge in [-0.1, -0.05) is 12.1 Å². The van der Waals surface area contributed by atoms with Crippen LogP contribution in [0.25, 0.3) is 0 Å². The molecule has 4 nitrogen and oxygen atoms in total. The molecule has 1 amide bonds. The number of aryl methyl sites for hydroxylation is 1. The summed E-state index contributed by atoms with van der Waals surface area (Å²) in [5.41, 5.74) is 1.19. The maximum absolute atomic E-state index is 12.2. The standard InChI is InChI=1S/C17H23NO3/c1-13-4-2-6-15(8-13)21-16-10-18(11-16)17(19)9-14-5-3-7-20-12-14/h2,4,6,8,14,16H,3,5,7,9-12H2,1H3. The first-order valence-corrected chi connectivity index (χ1v) is 7.79. The Balaban J connectivity index is 1.41. The average Bonchev–Trinajstić information content (AvgIpc) is 2.43. The number of amides is 1. The van der Waals surface area contributed by atoms with E-state index in [0.29, 0.717) is 25.4 Å². The maximum Gasteiger partial charge on any atom is 0.223 e. The summed E-state index contributed by atoms with van der Waals surface area (Å²) in [4.78, 5) is 14.1. The summed E-state index contributed by atoms with van der Waals surface area (Å²) in [7, 11) is 0. The molecule has 3 rings (SSSR count). The number of hydrogen-bond acceptors (Lipinski definition) is 3. The number of carbonyl (C=O) groups excluding carboxylic acids is 1. The molecule has 0 spiro atoms. The minimum Gasteiger partial charge on any atom is -0.487 e. The fourth-order valence-corrected chi connectivity index (χ4v) is 2.94. The van der Waals surface area contributed by atoms with Crippen LogP contribution in [0.3, 0.4) is 0 Å². The molecule has 0 aromatic heterocycles. The second-order valence-corrected chi connectivity index (χ2v) is 6.14. The van der Waals surface area contributed by atoms with E-state index in [1.807, 2.05) is 23.1 Å². The van der Waals surface area contributed by atoms with Gasteiger partial charge >= 0.3 is 0 Å². The summed E-state index contributed by atoms with van der Waals surface area (Å²) in [6.45, 7) is 5.06. The van der Waals surface area contributed by atoms with Crippen molar-refractivity contribution in [2.45, 2.75) is 32.3 Å². The smallest absolute Gasteiger partial charge is 0.223 e. The Morgan fingerprint density at radius 1 is 1.43 bits per heavy atom. The highest BCUT2D eigenvalue weighted by atomic mass is 16.5. The Labute approximate surface area is 126 Å². The van der Waals surface area contributed by atoms with Crippen LogP contribution < -0.4 is 4.74 Å². The zero-order valence-electron chi connectivity index (χ0n) is 12.6. The summed E-state index contributed by atoms with van der Waals surface area (Å²) in [5, 5.41) is 0. The summed E-state index contributed by atoms with van der Waals surface area (Å²) in [6, 6.07) is 8.05. The molecule has 0 saturated carbocycles. The lowest BCUT2D eigenvalue weighted by atomic mass is 9.97. The van der Waals surface area contributed by atoms with Crippen molar-refractivity contribution in [3.8, 4) is 5.75 Å². The highest BCUT2D eigenvalue weighted by molar-refractivity contribution is 5.77. The lowest BCUT2D eigenvalue weighted by molar-refractivity contribution is -0.142. The van der Waals surface area contributed by atoms with Crippen molar-refractivity contribution in [1.29, 1.82) is 0 Å². The number of rotatable bonds is 4.